The summed E-state index contributed by atoms with van der Waals surface area (Å²) < 4.78 is 3.13. The molecule has 0 atom stereocenters. The zero-order chi connectivity index (χ0) is 15.8. The molecule has 7 heteroatoms. The number of rotatable bonds is 3. The van der Waals surface area contributed by atoms with Crippen molar-refractivity contribution < 1.29 is 0 Å². The fourth-order valence-electron chi connectivity index (χ4n) is 3.05. The lowest BCUT2D eigenvalue weighted by molar-refractivity contribution is 0.251. The maximum absolute atomic E-state index is 4.60. The zero-order valence-electron chi connectivity index (χ0n) is 12.9. The molecule has 3 aromatic rings. The molecule has 1 aliphatic heterocycles. The summed E-state index contributed by atoms with van der Waals surface area (Å²) in [5.74, 6) is 1.05. The standard InChI is InChI=1S/C16H18BrN5S/c1-12-10-14-16(18-4-5-22(14)19-12)21-8-6-20(7-9-21)11-13-2-3-15(17)23-13/h2-5,10H,6-9,11H2,1H3. The van der Waals surface area contributed by atoms with Crippen LogP contribution < -0.4 is 4.90 Å². The van der Waals surface area contributed by atoms with Gasteiger partial charge in [-0.2, -0.15) is 5.10 Å². The van der Waals surface area contributed by atoms with Gasteiger partial charge in [-0.15, -0.1) is 11.3 Å². The maximum atomic E-state index is 4.60. The molecule has 3 aromatic heterocycles. The van der Waals surface area contributed by atoms with Crippen LogP contribution in [0.25, 0.3) is 5.52 Å². The van der Waals surface area contributed by atoms with Gasteiger partial charge in [0, 0.05) is 50.0 Å². The van der Waals surface area contributed by atoms with E-state index < -0.39 is 0 Å². The molecule has 4 rings (SSSR count). The van der Waals surface area contributed by atoms with Crippen LogP contribution in [-0.4, -0.2) is 45.7 Å². The number of aromatic nitrogens is 3. The van der Waals surface area contributed by atoms with Gasteiger partial charge in [0.05, 0.1) is 9.48 Å². The summed E-state index contributed by atoms with van der Waals surface area (Å²) >= 11 is 5.36. The van der Waals surface area contributed by atoms with Crippen molar-refractivity contribution in [2.45, 2.75) is 13.5 Å². The minimum Gasteiger partial charge on any atom is -0.352 e. The Morgan fingerprint density at radius 3 is 2.78 bits per heavy atom. The largest absolute Gasteiger partial charge is 0.352 e. The molecule has 120 valence electrons. The lowest BCUT2D eigenvalue weighted by Crippen LogP contribution is -2.46. The van der Waals surface area contributed by atoms with Crippen LogP contribution in [0.5, 0.6) is 0 Å². The Balaban J connectivity index is 1.46. The first-order valence-corrected chi connectivity index (χ1v) is 9.32. The topological polar surface area (TPSA) is 36.7 Å². The number of nitrogens with zero attached hydrogens (tertiary/aromatic N) is 5. The molecule has 0 N–H and O–H groups in total. The Hall–Kier alpha value is -1.44. The summed E-state index contributed by atoms with van der Waals surface area (Å²) in [5.41, 5.74) is 2.13. The molecule has 0 aromatic carbocycles. The van der Waals surface area contributed by atoms with E-state index in [1.807, 2.05) is 35.2 Å². The highest BCUT2D eigenvalue weighted by molar-refractivity contribution is 9.11. The predicted molar refractivity (Wildman–Crippen MR) is 97.2 cm³/mol. The zero-order valence-corrected chi connectivity index (χ0v) is 15.3. The van der Waals surface area contributed by atoms with Crippen LogP contribution in [-0.2, 0) is 6.54 Å². The van der Waals surface area contributed by atoms with E-state index in [1.165, 1.54) is 8.66 Å². The van der Waals surface area contributed by atoms with E-state index in [2.05, 4.69) is 54.0 Å². The van der Waals surface area contributed by atoms with Gasteiger partial charge in [0.1, 0.15) is 5.52 Å². The van der Waals surface area contributed by atoms with Crippen LogP contribution in [0.1, 0.15) is 10.6 Å². The third kappa shape index (κ3) is 3.13. The third-order valence-electron chi connectivity index (χ3n) is 4.17. The number of anilines is 1. The highest BCUT2D eigenvalue weighted by Gasteiger charge is 2.20. The highest BCUT2D eigenvalue weighted by atomic mass is 79.9. The summed E-state index contributed by atoms with van der Waals surface area (Å²) in [5, 5.41) is 4.48. The smallest absolute Gasteiger partial charge is 0.154 e. The molecule has 0 bridgehead atoms. The second-order valence-corrected chi connectivity index (χ2v) is 8.38. The highest BCUT2D eigenvalue weighted by Crippen LogP contribution is 2.25. The monoisotopic (exact) mass is 391 g/mol. The van der Waals surface area contributed by atoms with Gasteiger partial charge >= 0.3 is 0 Å². The molecule has 0 spiro atoms. The van der Waals surface area contributed by atoms with Crippen molar-refractivity contribution in [1.29, 1.82) is 0 Å². The van der Waals surface area contributed by atoms with E-state index in [0.717, 1.165) is 49.8 Å². The van der Waals surface area contributed by atoms with Crippen LogP contribution in [0.15, 0.2) is 34.4 Å². The van der Waals surface area contributed by atoms with Crippen molar-refractivity contribution in [3.63, 3.8) is 0 Å². The van der Waals surface area contributed by atoms with E-state index in [-0.39, 0.29) is 0 Å². The van der Waals surface area contributed by atoms with Gasteiger partial charge in [-0.05, 0) is 41.1 Å². The summed E-state index contributed by atoms with van der Waals surface area (Å²) in [7, 11) is 0. The first kappa shape index (κ1) is 15.1. The Kier molecular flexibility index (Phi) is 4.09. The van der Waals surface area contributed by atoms with Gasteiger partial charge in [0.15, 0.2) is 5.82 Å². The number of hydrogen-bond acceptors (Lipinski definition) is 5. The van der Waals surface area contributed by atoms with Gasteiger partial charge in [-0.25, -0.2) is 9.50 Å². The average molecular weight is 392 g/mol. The predicted octanol–water partition coefficient (Wildman–Crippen LogP) is 3.18. The summed E-state index contributed by atoms with van der Waals surface area (Å²) in [4.78, 5) is 10.9. The molecular weight excluding hydrogens is 374 g/mol. The number of thiophene rings is 1. The van der Waals surface area contributed by atoms with E-state index >= 15 is 0 Å². The lowest BCUT2D eigenvalue weighted by Gasteiger charge is -2.35. The van der Waals surface area contributed by atoms with Crippen molar-refractivity contribution in [1.82, 2.24) is 19.5 Å². The van der Waals surface area contributed by atoms with E-state index in [0.29, 0.717) is 0 Å². The molecule has 0 aliphatic carbocycles. The molecule has 0 amide bonds. The van der Waals surface area contributed by atoms with Crippen LogP contribution in [0, 0.1) is 6.92 Å². The Morgan fingerprint density at radius 2 is 2.04 bits per heavy atom. The van der Waals surface area contributed by atoms with Gasteiger partial charge in [-0.3, -0.25) is 4.90 Å². The Labute approximate surface area is 147 Å². The molecule has 23 heavy (non-hydrogen) atoms. The average Bonchev–Trinajstić information content (AvgIpc) is 3.12. The maximum Gasteiger partial charge on any atom is 0.154 e. The number of aryl methyl sites for hydroxylation is 1. The van der Waals surface area contributed by atoms with Gasteiger partial charge < -0.3 is 4.90 Å². The second-order valence-electron chi connectivity index (χ2n) is 5.84. The molecular formula is C16H18BrN5S. The van der Waals surface area contributed by atoms with E-state index in [1.54, 1.807) is 0 Å². The summed E-state index contributed by atoms with van der Waals surface area (Å²) in [6.45, 7) is 7.19. The van der Waals surface area contributed by atoms with E-state index in [4.69, 9.17) is 0 Å². The molecule has 1 aliphatic rings. The first-order chi connectivity index (χ1) is 11.2. The third-order valence-corrected chi connectivity index (χ3v) is 5.78. The van der Waals surface area contributed by atoms with Gasteiger partial charge in [-0.1, -0.05) is 0 Å². The van der Waals surface area contributed by atoms with Crippen molar-refractivity contribution in [2.75, 3.05) is 31.1 Å². The fraction of sp³-hybridized carbons (Fsp3) is 0.375. The molecule has 1 saturated heterocycles. The van der Waals surface area contributed by atoms with Crippen molar-refractivity contribution in [3.8, 4) is 0 Å². The molecule has 1 fully saturated rings. The number of piperazine rings is 1. The van der Waals surface area contributed by atoms with Crippen LogP contribution >= 0.6 is 27.3 Å². The fourth-order valence-corrected chi connectivity index (χ4v) is 4.57. The minimum atomic E-state index is 1.00. The van der Waals surface area contributed by atoms with Crippen LogP contribution in [0.2, 0.25) is 0 Å². The molecule has 0 saturated carbocycles. The van der Waals surface area contributed by atoms with Crippen molar-refractivity contribution in [2.24, 2.45) is 0 Å². The van der Waals surface area contributed by atoms with Crippen molar-refractivity contribution in [3.05, 3.63) is 45.0 Å². The number of halogens is 1. The normalized spacial score (nSPS) is 16.3. The Bertz CT molecular complexity index is 819. The summed E-state index contributed by atoms with van der Waals surface area (Å²) in [6, 6.07) is 6.44. The van der Waals surface area contributed by atoms with Gasteiger partial charge in [0.25, 0.3) is 0 Å². The van der Waals surface area contributed by atoms with Gasteiger partial charge in [0.2, 0.25) is 0 Å². The van der Waals surface area contributed by atoms with Crippen LogP contribution in [0.4, 0.5) is 5.82 Å². The lowest BCUT2D eigenvalue weighted by atomic mass is 10.3. The van der Waals surface area contributed by atoms with Crippen LogP contribution in [0.3, 0.4) is 0 Å². The molecule has 4 heterocycles. The quantitative estimate of drug-likeness (QED) is 0.686. The number of fused-ring (bicyclic) bond motifs is 1. The second kappa shape index (κ2) is 6.22. The molecule has 5 nitrogen and oxygen atoms in total. The van der Waals surface area contributed by atoms with Crippen molar-refractivity contribution >= 4 is 38.6 Å². The minimum absolute atomic E-state index is 1.00. The van der Waals surface area contributed by atoms with E-state index in [9.17, 15) is 0 Å². The number of hydrogen-bond donors (Lipinski definition) is 0. The summed E-state index contributed by atoms with van der Waals surface area (Å²) in [6.07, 6.45) is 3.75. The Morgan fingerprint density at radius 1 is 1.22 bits per heavy atom. The molecule has 0 radical (unpaired) electrons. The first-order valence-electron chi connectivity index (χ1n) is 7.71. The SMILES string of the molecule is Cc1cc2c(N3CCN(Cc4ccc(Br)s4)CC3)nccn2n1. The molecule has 0 unspecified atom stereocenters.